The lowest BCUT2D eigenvalue weighted by atomic mass is 10.2. The van der Waals surface area contributed by atoms with E-state index in [-0.39, 0.29) is 17.2 Å². The second kappa shape index (κ2) is 9.56. The van der Waals surface area contributed by atoms with Crippen molar-refractivity contribution in [2.24, 2.45) is 0 Å². The lowest BCUT2D eigenvalue weighted by Gasteiger charge is -2.13. The molecule has 3 rings (SSSR count). The van der Waals surface area contributed by atoms with E-state index in [9.17, 15) is 9.59 Å². The maximum absolute atomic E-state index is 12.9. The number of nitriles is 1. The van der Waals surface area contributed by atoms with Crippen LogP contribution in [0.4, 0.5) is 5.69 Å². The van der Waals surface area contributed by atoms with E-state index < -0.39 is 0 Å². The maximum Gasteiger partial charge on any atom is 0.262 e. The van der Waals surface area contributed by atoms with Gasteiger partial charge in [0.1, 0.15) is 0 Å². The normalized spacial score (nSPS) is 10.7. The summed E-state index contributed by atoms with van der Waals surface area (Å²) in [5.41, 5.74) is 1.25. The molecule has 9 heteroatoms. The number of fused-ring (bicyclic) bond motifs is 1. The molecule has 0 aliphatic carbocycles. The van der Waals surface area contributed by atoms with E-state index in [1.807, 2.05) is 6.07 Å². The fourth-order valence-corrected chi connectivity index (χ4v) is 3.65. The van der Waals surface area contributed by atoms with Gasteiger partial charge in [0.25, 0.3) is 5.56 Å². The van der Waals surface area contributed by atoms with Crippen LogP contribution in [0.2, 0.25) is 5.02 Å². The number of amides is 1. The summed E-state index contributed by atoms with van der Waals surface area (Å²) < 4.78 is 6.58. The van der Waals surface area contributed by atoms with Crippen molar-refractivity contribution in [2.75, 3.05) is 24.8 Å². The first-order chi connectivity index (χ1) is 14.0. The molecule has 0 aliphatic heterocycles. The van der Waals surface area contributed by atoms with Crippen molar-refractivity contribution in [3.05, 3.63) is 63.4 Å². The topological polar surface area (TPSA) is 97.0 Å². The van der Waals surface area contributed by atoms with Crippen molar-refractivity contribution in [1.82, 2.24) is 9.55 Å². The first-order valence-corrected chi connectivity index (χ1v) is 10.00. The molecule has 0 bridgehead atoms. The number of ether oxygens (including phenoxy) is 1. The smallest absolute Gasteiger partial charge is 0.262 e. The highest BCUT2D eigenvalue weighted by molar-refractivity contribution is 7.99. The first kappa shape index (κ1) is 20.9. The number of carbonyl (C=O) groups excluding carboxylic acids is 1. The molecule has 1 N–H and O–H groups in total. The minimum absolute atomic E-state index is 0.0439. The van der Waals surface area contributed by atoms with Gasteiger partial charge in [0.05, 0.1) is 41.4 Å². The molecule has 0 radical (unpaired) electrons. The summed E-state index contributed by atoms with van der Waals surface area (Å²) in [6.07, 6.45) is 0. The molecule has 0 saturated heterocycles. The minimum Gasteiger partial charge on any atom is -0.383 e. The number of anilines is 1. The quantitative estimate of drug-likeness (QED) is 0.458. The van der Waals surface area contributed by atoms with Crippen LogP contribution in [-0.2, 0) is 16.1 Å². The molecule has 1 aromatic heterocycles. The summed E-state index contributed by atoms with van der Waals surface area (Å²) in [6.45, 7) is 0.649. The molecular formula is C20H17ClN4O3S. The predicted octanol–water partition coefficient (Wildman–Crippen LogP) is 3.30. The third-order valence-corrected chi connectivity index (χ3v) is 5.22. The van der Waals surface area contributed by atoms with Crippen LogP contribution in [0.5, 0.6) is 0 Å². The first-order valence-electron chi connectivity index (χ1n) is 8.63. The van der Waals surface area contributed by atoms with Crippen LogP contribution in [0, 0.1) is 11.3 Å². The third kappa shape index (κ3) is 5.15. The van der Waals surface area contributed by atoms with E-state index >= 15 is 0 Å². The highest BCUT2D eigenvalue weighted by Gasteiger charge is 2.14. The zero-order chi connectivity index (χ0) is 20.8. The Bertz CT molecular complexity index is 1160. The molecule has 1 heterocycles. The van der Waals surface area contributed by atoms with Gasteiger partial charge in [0.15, 0.2) is 5.16 Å². The van der Waals surface area contributed by atoms with E-state index in [0.29, 0.717) is 45.5 Å². The number of nitrogens with one attached hydrogen (secondary N) is 1. The summed E-state index contributed by atoms with van der Waals surface area (Å²) in [6, 6.07) is 13.6. The van der Waals surface area contributed by atoms with E-state index in [0.717, 1.165) is 11.8 Å². The van der Waals surface area contributed by atoms with Crippen LogP contribution < -0.4 is 10.9 Å². The molecule has 0 unspecified atom stereocenters. The molecule has 0 fully saturated rings. The molecule has 29 heavy (non-hydrogen) atoms. The Morgan fingerprint density at radius 3 is 2.93 bits per heavy atom. The van der Waals surface area contributed by atoms with Crippen molar-refractivity contribution >= 4 is 45.9 Å². The summed E-state index contributed by atoms with van der Waals surface area (Å²) >= 11 is 7.17. The Morgan fingerprint density at radius 1 is 1.34 bits per heavy atom. The van der Waals surface area contributed by atoms with Crippen LogP contribution in [0.3, 0.4) is 0 Å². The van der Waals surface area contributed by atoms with Crippen LogP contribution >= 0.6 is 23.4 Å². The molecule has 0 spiro atoms. The van der Waals surface area contributed by atoms with Gasteiger partial charge in [0.2, 0.25) is 5.91 Å². The van der Waals surface area contributed by atoms with Crippen LogP contribution in [-0.4, -0.2) is 34.9 Å². The van der Waals surface area contributed by atoms with E-state index in [4.69, 9.17) is 21.6 Å². The standard InChI is InChI=1S/C20H17ClN4O3S/c1-28-8-7-25-19(27)16-6-5-14(21)10-17(16)24-20(25)29-12-18(26)23-15-4-2-3-13(9-15)11-22/h2-6,9-10H,7-8,12H2,1H3,(H,23,26). The molecule has 148 valence electrons. The Labute approximate surface area is 176 Å². The highest BCUT2D eigenvalue weighted by atomic mass is 35.5. The average Bonchev–Trinajstić information content (AvgIpc) is 2.71. The molecule has 2 aromatic carbocycles. The lowest BCUT2D eigenvalue weighted by Crippen LogP contribution is -2.26. The number of halogens is 1. The number of benzene rings is 2. The van der Waals surface area contributed by atoms with Gasteiger partial charge in [0, 0.05) is 17.8 Å². The zero-order valence-electron chi connectivity index (χ0n) is 15.5. The number of rotatable bonds is 7. The largest absolute Gasteiger partial charge is 0.383 e. The number of carbonyl (C=O) groups is 1. The third-order valence-electron chi connectivity index (χ3n) is 4.01. The predicted molar refractivity (Wildman–Crippen MR) is 113 cm³/mol. The van der Waals surface area contributed by atoms with E-state index in [1.54, 1.807) is 49.6 Å². The SMILES string of the molecule is COCCn1c(SCC(=O)Nc2cccc(C#N)c2)nc2cc(Cl)ccc2c1=O. The summed E-state index contributed by atoms with van der Waals surface area (Å²) in [7, 11) is 1.55. The van der Waals surface area contributed by atoms with Crippen molar-refractivity contribution in [1.29, 1.82) is 5.26 Å². The van der Waals surface area contributed by atoms with Crippen molar-refractivity contribution in [3.8, 4) is 6.07 Å². The van der Waals surface area contributed by atoms with Gasteiger partial charge in [-0.1, -0.05) is 29.4 Å². The van der Waals surface area contributed by atoms with Gasteiger partial charge < -0.3 is 10.1 Å². The second-order valence-corrected chi connectivity index (χ2v) is 7.41. The van der Waals surface area contributed by atoms with E-state index in [1.165, 1.54) is 4.57 Å². The molecule has 0 atom stereocenters. The number of thioether (sulfide) groups is 1. The number of methoxy groups -OCH3 is 1. The zero-order valence-corrected chi connectivity index (χ0v) is 17.1. The van der Waals surface area contributed by atoms with Crippen LogP contribution in [0.1, 0.15) is 5.56 Å². The number of nitrogens with zero attached hydrogens (tertiary/aromatic N) is 3. The van der Waals surface area contributed by atoms with Gasteiger partial charge in [-0.05, 0) is 36.4 Å². The van der Waals surface area contributed by atoms with Crippen LogP contribution in [0.25, 0.3) is 10.9 Å². The lowest BCUT2D eigenvalue weighted by molar-refractivity contribution is -0.113. The molecule has 1 amide bonds. The highest BCUT2D eigenvalue weighted by Crippen LogP contribution is 2.21. The minimum atomic E-state index is -0.274. The average molecular weight is 429 g/mol. The molecule has 0 aliphatic rings. The van der Waals surface area contributed by atoms with Crippen molar-refractivity contribution < 1.29 is 9.53 Å². The summed E-state index contributed by atoms with van der Waals surface area (Å²) in [4.78, 5) is 29.7. The summed E-state index contributed by atoms with van der Waals surface area (Å²) in [5, 5.41) is 13.0. The fraction of sp³-hybridized carbons (Fsp3) is 0.200. The van der Waals surface area contributed by atoms with Gasteiger partial charge in [-0.2, -0.15) is 5.26 Å². The number of hydrogen-bond acceptors (Lipinski definition) is 6. The number of hydrogen-bond donors (Lipinski definition) is 1. The van der Waals surface area contributed by atoms with Gasteiger partial charge >= 0.3 is 0 Å². The molecule has 3 aromatic rings. The van der Waals surface area contributed by atoms with Gasteiger partial charge in [-0.3, -0.25) is 14.2 Å². The summed E-state index contributed by atoms with van der Waals surface area (Å²) in [5.74, 6) is -0.230. The van der Waals surface area contributed by atoms with Crippen LogP contribution in [0.15, 0.2) is 52.4 Å². The Hall–Kier alpha value is -2.86. The molecular weight excluding hydrogens is 412 g/mol. The monoisotopic (exact) mass is 428 g/mol. The molecule has 7 nitrogen and oxygen atoms in total. The van der Waals surface area contributed by atoms with Crippen molar-refractivity contribution in [3.63, 3.8) is 0 Å². The second-order valence-electron chi connectivity index (χ2n) is 6.03. The fourth-order valence-electron chi connectivity index (χ4n) is 2.66. The molecule has 0 saturated carbocycles. The Balaban J connectivity index is 1.83. The van der Waals surface area contributed by atoms with E-state index in [2.05, 4.69) is 10.3 Å². The van der Waals surface area contributed by atoms with Crippen molar-refractivity contribution in [2.45, 2.75) is 11.7 Å². The van der Waals surface area contributed by atoms with Gasteiger partial charge in [-0.15, -0.1) is 0 Å². The Morgan fingerprint density at radius 2 is 2.17 bits per heavy atom. The Kier molecular flexibility index (Phi) is 6.88. The van der Waals surface area contributed by atoms with Gasteiger partial charge in [-0.25, -0.2) is 4.98 Å². The number of aromatic nitrogens is 2. The maximum atomic E-state index is 12.9.